The van der Waals surface area contributed by atoms with Crippen LogP contribution in [0.4, 0.5) is 5.82 Å². The molecule has 3 fully saturated rings. The molecule has 5 rings (SSSR count). The highest BCUT2D eigenvalue weighted by atomic mass is 16.5. The highest BCUT2D eigenvalue weighted by Crippen LogP contribution is 2.53. The number of piperidine rings is 1. The number of nitrogens with zero attached hydrogens (tertiary/aromatic N) is 3. The zero-order chi connectivity index (χ0) is 20.1. The fourth-order valence-corrected chi connectivity index (χ4v) is 5.23. The van der Waals surface area contributed by atoms with Gasteiger partial charge >= 0.3 is 0 Å². The van der Waals surface area contributed by atoms with Gasteiger partial charge in [-0.1, -0.05) is 30.3 Å². The van der Waals surface area contributed by atoms with E-state index >= 15 is 0 Å². The second kappa shape index (κ2) is 7.04. The lowest BCUT2D eigenvalue weighted by molar-refractivity contribution is 0.0973. The molecule has 3 N–H and O–H groups in total. The number of aromatic nitrogens is 2. The Balaban J connectivity index is 1.37. The van der Waals surface area contributed by atoms with Crippen LogP contribution >= 0.6 is 0 Å². The fraction of sp³-hybridized carbons (Fsp3) is 0.565. The van der Waals surface area contributed by atoms with Gasteiger partial charge in [-0.05, 0) is 38.2 Å². The van der Waals surface area contributed by atoms with Gasteiger partial charge in [-0.25, -0.2) is 9.97 Å². The predicted octanol–water partition coefficient (Wildman–Crippen LogP) is 2.38. The van der Waals surface area contributed by atoms with Crippen molar-refractivity contribution in [1.82, 2.24) is 9.97 Å². The van der Waals surface area contributed by atoms with Gasteiger partial charge in [0.05, 0.1) is 31.2 Å². The molecule has 1 aliphatic carbocycles. The van der Waals surface area contributed by atoms with E-state index in [-0.39, 0.29) is 29.6 Å². The summed E-state index contributed by atoms with van der Waals surface area (Å²) in [4.78, 5) is 11.9. The van der Waals surface area contributed by atoms with Crippen LogP contribution in [0.3, 0.4) is 0 Å². The van der Waals surface area contributed by atoms with Crippen LogP contribution in [-0.2, 0) is 16.8 Å². The van der Waals surface area contributed by atoms with E-state index < -0.39 is 0 Å². The molecular weight excluding hydrogens is 364 g/mol. The third kappa shape index (κ3) is 3.05. The van der Waals surface area contributed by atoms with Gasteiger partial charge in [0, 0.05) is 30.0 Å². The van der Waals surface area contributed by atoms with E-state index in [1.54, 1.807) is 0 Å². The Labute approximate surface area is 172 Å². The molecule has 6 heteroatoms. The Kier molecular flexibility index (Phi) is 4.61. The van der Waals surface area contributed by atoms with Gasteiger partial charge < -0.3 is 20.5 Å². The molecule has 1 aromatic carbocycles. The van der Waals surface area contributed by atoms with Crippen LogP contribution in [-0.4, -0.2) is 46.9 Å². The molecule has 2 aliphatic heterocycles. The zero-order valence-corrected chi connectivity index (χ0v) is 17.1. The topological polar surface area (TPSA) is 84.5 Å². The Morgan fingerprint density at radius 2 is 1.90 bits per heavy atom. The van der Waals surface area contributed by atoms with Crippen molar-refractivity contribution < 1.29 is 9.84 Å². The average molecular weight is 395 g/mol. The van der Waals surface area contributed by atoms with Crippen molar-refractivity contribution in [2.45, 2.75) is 56.8 Å². The molecule has 0 amide bonds. The first-order valence-electron chi connectivity index (χ1n) is 10.7. The van der Waals surface area contributed by atoms with Crippen LogP contribution in [0.5, 0.6) is 0 Å². The summed E-state index contributed by atoms with van der Waals surface area (Å²) in [5.74, 6) is 0.815. The highest BCUT2D eigenvalue weighted by Gasteiger charge is 2.49. The number of ether oxygens (including phenoxy) is 1. The quantitative estimate of drug-likeness (QED) is 0.828. The first-order valence-corrected chi connectivity index (χ1v) is 10.7. The van der Waals surface area contributed by atoms with E-state index in [1.165, 1.54) is 5.56 Å². The number of aliphatic hydroxyl groups is 1. The van der Waals surface area contributed by atoms with Crippen LogP contribution in [0, 0.1) is 5.41 Å². The molecule has 0 radical (unpaired) electrons. The number of anilines is 1. The van der Waals surface area contributed by atoms with Gasteiger partial charge in [-0.3, -0.25) is 0 Å². The molecule has 29 heavy (non-hydrogen) atoms. The van der Waals surface area contributed by atoms with Crippen molar-refractivity contribution in [3.05, 3.63) is 53.5 Å². The van der Waals surface area contributed by atoms with Crippen LogP contribution in [0.1, 0.15) is 49.6 Å². The first-order chi connectivity index (χ1) is 14.1. The summed E-state index contributed by atoms with van der Waals surface area (Å²) in [6, 6.07) is 10.6. The maximum Gasteiger partial charge on any atom is 0.152 e. The van der Waals surface area contributed by atoms with E-state index in [0.717, 1.165) is 56.9 Å². The Morgan fingerprint density at radius 3 is 2.48 bits per heavy atom. The second-order valence-corrected chi connectivity index (χ2v) is 9.02. The lowest BCUT2D eigenvalue weighted by Gasteiger charge is -2.42. The minimum absolute atomic E-state index is 0.0350. The molecule has 2 atom stereocenters. The molecule has 0 unspecified atom stereocenters. The summed E-state index contributed by atoms with van der Waals surface area (Å²) in [5, 5.41) is 10.0. The minimum Gasteiger partial charge on any atom is -0.390 e. The van der Waals surface area contributed by atoms with Crippen LogP contribution < -0.4 is 10.6 Å². The molecular formula is C23H30N4O2. The van der Waals surface area contributed by atoms with E-state index in [1.807, 2.05) is 12.3 Å². The molecule has 2 aromatic rings. The molecule has 1 saturated carbocycles. The standard InChI is InChI=1S/C23H30N4O2/c1-16-20(24)22(15-29-16)9-11-27(12-10-22)21-18(14-28)26-19(13-25-21)23(7-8-23)17-5-3-2-4-6-17/h2-6,13,16,20,28H,7-12,14-15,24H2,1H3/t16-,20+/m0/s1. The van der Waals surface area contributed by atoms with Gasteiger partial charge in [0.15, 0.2) is 5.82 Å². The maximum atomic E-state index is 10.0. The molecule has 6 nitrogen and oxygen atoms in total. The SMILES string of the molecule is C[C@@H]1OCC2(CCN(c3ncc(C4(c5ccccc5)CC4)nc3CO)CC2)[C@@H]1N. The summed E-state index contributed by atoms with van der Waals surface area (Å²) >= 11 is 0. The normalized spacial score (nSPS) is 27.3. The maximum absolute atomic E-state index is 10.0. The lowest BCUT2D eigenvalue weighted by Crippen LogP contribution is -2.51. The third-order valence-corrected chi connectivity index (χ3v) is 7.44. The minimum atomic E-state index is -0.0949. The van der Waals surface area contributed by atoms with Gasteiger partial charge in [-0.2, -0.15) is 0 Å². The molecule has 1 spiro atoms. The number of nitrogens with two attached hydrogens (primary N) is 1. The number of benzene rings is 1. The first kappa shape index (κ1) is 19.0. The van der Waals surface area contributed by atoms with Gasteiger partial charge in [0.2, 0.25) is 0 Å². The largest absolute Gasteiger partial charge is 0.390 e. The summed E-state index contributed by atoms with van der Waals surface area (Å²) in [5.41, 5.74) is 9.43. The fourth-order valence-electron chi connectivity index (χ4n) is 5.23. The van der Waals surface area contributed by atoms with Gasteiger partial charge in [-0.15, -0.1) is 0 Å². The van der Waals surface area contributed by atoms with Crippen LogP contribution in [0.15, 0.2) is 36.5 Å². The summed E-state index contributed by atoms with van der Waals surface area (Å²) in [6.07, 6.45) is 6.19. The lowest BCUT2D eigenvalue weighted by atomic mass is 9.73. The molecule has 154 valence electrons. The van der Waals surface area contributed by atoms with E-state index in [9.17, 15) is 5.11 Å². The molecule has 0 bridgehead atoms. The third-order valence-electron chi connectivity index (χ3n) is 7.44. The number of hydrogen-bond donors (Lipinski definition) is 2. The van der Waals surface area contributed by atoms with Crippen LogP contribution in [0.25, 0.3) is 0 Å². The zero-order valence-electron chi connectivity index (χ0n) is 17.1. The molecule has 2 saturated heterocycles. The Bertz CT molecular complexity index is 876. The highest BCUT2D eigenvalue weighted by molar-refractivity contribution is 5.48. The van der Waals surface area contributed by atoms with Crippen molar-refractivity contribution in [2.24, 2.45) is 11.1 Å². The van der Waals surface area contributed by atoms with E-state index in [2.05, 4.69) is 36.1 Å². The number of aliphatic hydroxyl groups excluding tert-OH is 1. The van der Waals surface area contributed by atoms with Crippen molar-refractivity contribution in [1.29, 1.82) is 0 Å². The van der Waals surface area contributed by atoms with E-state index in [0.29, 0.717) is 5.69 Å². The Morgan fingerprint density at radius 1 is 1.17 bits per heavy atom. The monoisotopic (exact) mass is 394 g/mol. The van der Waals surface area contributed by atoms with Crippen molar-refractivity contribution in [3.63, 3.8) is 0 Å². The van der Waals surface area contributed by atoms with Crippen molar-refractivity contribution in [3.8, 4) is 0 Å². The summed E-state index contributed by atoms with van der Waals surface area (Å²) < 4.78 is 5.83. The summed E-state index contributed by atoms with van der Waals surface area (Å²) in [6.45, 7) is 4.46. The summed E-state index contributed by atoms with van der Waals surface area (Å²) in [7, 11) is 0. The smallest absolute Gasteiger partial charge is 0.152 e. The molecule has 3 heterocycles. The number of hydrogen-bond acceptors (Lipinski definition) is 6. The van der Waals surface area contributed by atoms with Gasteiger partial charge in [0.1, 0.15) is 5.69 Å². The number of rotatable bonds is 4. The van der Waals surface area contributed by atoms with Crippen LogP contribution in [0.2, 0.25) is 0 Å². The van der Waals surface area contributed by atoms with Crippen molar-refractivity contribution >= 4 is 5.82 Å². The van der Waals surface area contributed by atoms with Crippen molar-refractivity contribution in [2.75, 3.05) is 24.6 Å². The Hall–Kier alpha value is -2.02. The molecule has 1 aromatic heterocycles. The second-order valence-electron chi connectivity index (χ2n) is 9.02. The average Bonchev–Trinajstić information content (AvgIpc) is 3.55. The molecule has 3 aliphatic rings. The predicted molar refractivity (Wildman–Crippen MR) is 112 cm³/mol. The van der Waals surface area contributed by atoms with E-state index in [4.69, 9.17) is 20.4 Å². The van der Waals surface area contributed by atoms with Gasteiger partial charge in [0.25, 0.3) is 0 Å².